The van der Waals surface area contributed by atoms with Crippen LogP contribution in [0.4, 0.5) is 34.6 Å². The number of hydrogen-bond donors (Lipinski definition) is 0. The fraction of sp³-hybridized carbons (Fsp3) is 0.0725. The maximum atomic E-state index is 15.9. The van der Waals surface area contributed by atoms with E-state index >= 15 is 17.6 Å². The van der Waals surface area contributed by atoms with Gasteiger partial charge in [-0.15, -0.1) is 0 Å². The molecule has 2 unspecified atom stereocenters. The zero-order valence-electron chi connectivity index (χ0n) is 40.7. The first-order chi connectivity index (χ1) is 36.0. The quantitative estimate of drug-likeness (QED) is 0.130. The summed E-state index contributed by atoms with van der Waals surface area (Å²) in [6.45, 7) is 12.6. The van der Waals surface area contributed by atoms with Crippen molar-refractivity contribution in [2.75, 3.05) is 4.90 Å². The molecule has 10 aromatic carbocycles. The molecule has 0 aromatic heterocycles. The summed E-state index contributed by atoms with van der Waals surface area (Å²) in [5, 5.41) is 0. The molecule has 0 spiro atoms. The van der Waals surface area contributed by atoms with Crippen molar-refractivity contribution in [1.82, 2.24) is 0 Å². The zero-order chi connectivity index (χ0) is 50.7. The van der Waals surface area contributed by atoms with E-state index in [1.165, 1.54) is 29.8 Å². The molecule has 2 atom stereocenters. The molecule has 13 rings (SSSR count). The van der Waals surface area contributed by atoms with Gasteiger partial charge in [-0.3, -0.25) is 0 Å². The van der Waals surface area contributed by atoms with E-state index in [1.54, 1.807) is 12.2 Å². The van der Waals surface area contributed by atoms with Crippen LogP contribution in [0, 0.1) is 23.3 Å². The second-order valence-corrected chi connectivity index (χ2v) is 20.2. The molecule has 3 aliphatic rings. The Balaban J connectivity index is 1.14. The van der Waals surface area contributed by atoms with Crippen LogP contribution in [0.25, 0.3) is 45.5 Å². The van der Waals surface area contributed by atoms with E-state index in [4.69, 9.17) is 0 Å². The summed E-state index contributed by atoms with van der Waals surface area (Å²) in [6, 6.07) is 68.0. The van der Waals surface area contributed by atoms with Crippen LogP contribution in [-0.2, 0) is 16.2 Å². The van der Waals surface area contributed by atoms with E-state index in [-0.39, 0.29) is 0 Å². The lowest BCUT2D eigenvalue weighted by Gasteiger charge is -2.37. The average molecular weight is 966 g/mol. The monoisotopic (exact) mass is 965 g/mol. The Morgan fingerprint density at radius 3 is 1.16 bits per heavy atom. The number of halogens is 4. The van der Waals surface area contributed by atoms with Crippen LogP contribution in [0.1, 0.15) is 80.6 Å². The molecule has 74 heavy (non-hydrogen) atoms. The van der Waals surface area contributed by atoms with Crippen molar-refractivity contribution < 1.29 is 17.6 Å². The summed E-state index contributed by atoms with van der Waals surface area (Å²) in [6.07, 6.45) is 3.57. The summed E-state index contributed by atoms with van der Waals surface area (Å²) in [5.74, 6) is -2.69. The predicted octanol–water partition coefficient (Wildman–Crippen LogP) is 18.0. The van der Waals surface area contributed by atoms with Gasteiger partial charge in [-0.25, -0.2) is 17.6 Å². The van der Waals surface area contributed by atoms with Crippen molar-refractivity contribution >= 4 is 29.2 Å². The van der Waals surface area contributed by atoms with E-state index < -0.39 is 39.5 Å². The van der Waals surface area contributed by atoms with Gasteiger partial charge in [0.1, 0.15) is 23.3 Å². The molecule has 0 aliphatic heterocycles. The third kappa shape index (κ3) is 6.35. The van der Waals surface area contributed by atoms with Gasteiger partial charge in [-0.1, -0.05) is 185 Å². The highest BCUT2D eigenvalue weighted by Gasteiger charge is 2.49. The fourth-order valence-corrected chi connectivity index (χ4v) is 13.1. The SMILES string of the molecule is C=Cc1ccc(C2(c3cc(F)cc(F)c3)c3ccccc3-c3ccc(N(c4ccc5c(c4)C(c4ccc(C=C)cc4)(c4cc(F)cc(F)c4)c4ccccc4-5)c4cccc5c4C(C)(C)c4ccccc4-5)cc32)cc1. The lowest BCUT2D eigenvalue weighted by atomic mass is 9.67. The lowest BCUT2D eigenvalue weighted by Crippen LogP contribution is -2.30. The van der Waals surface area contributed by atoms with Gasteiger partial charge in [0.05, 0.1) is 16.5 Å². The Labute approximate surface area is 428 Å². The largest absolute Gasteiger partial charge is 0.310 e. The van der Waals surface area contributed by atoms with Gasteiger partial charge in [0.25, 0.3) is 0 Å². The normalized spacial score (nSPS) is 17.1. The number of rotatable bonds is 9. The van der Waals surface area contributed by atoms with Gasteiger partial charge < -0.3 is 4.90 Å². The number of nitrogens with zero attached hydrogens (tertiary/aromatic N) is 1. The Morgan fingerprint density at radius 2 is 0.730 bits per heavy atom. The highest BCUT2D eigenvalue weighted by molar-refractivity contribution is 5.95. The highest BCUT2D eigenvalue weighted by Crippen LogP contribution is 2.61. The van der Waals surface area contributed by atoms with Crippen LogP contribution < -0.4 is 4.90 Å². The van der Waals surface area contributed by atoms with E-state index in [1.807, 2.05) is 72.8 Å². The molecule has 0 saturated carbocycles. The van der Waals surface area contributed by atoms with Crippen molar-refractivity contribution in [3.63, 3.8) is 0 Å². The molecular formula is C69H47F4N. The second-order valence-electron chi connectivity index (χ2n) is 20.2. The van der Waals surface area contributed by atoms with Crippen LogP contribution >= 0.6 is 0 Å². The predicted molar refractivity (Wildman–Crippen MR) is 293 cm³/mol. The molecule has 0 N–H and O–H groups in total. The van der Waals surface area contributed by atoms with E-state index in [2.05, 4.69) is 135 Å². The van der Waals surface area contributed by atoms with E-state index in [9.17, 15) is 0 Å². The minimum atomic E-state index is -1.17. The lowest BCUT2D eigenvalue weighted by molar-refractivity contribution is 0.573. The molecule has 5 heteroatoms. The minimum absolute atomic E-state index is 0.452. The number of benzene rings is 10. The molecule has 0 fully saturated rings. The summed E-state index contributed by atoms with van der Waals surface area (Å²) < 4.78 is 63.6. The molecule has 356 valence electrons. The molecule has 3 aliphatic carbocycles. The number of fused-ring (bicyclic) bond motifs is 9. The molecule has 1 nitrogen and oxygen atoms in total. The molecular weight excluding hydrogens is 919 g/mol. The minimum Gasteiger partial charge on any atom is -0.310 e. The van der Waals surface area contributed by atoms with Crippen molar-refractivity contribution in [1.29, 1.82) is 0 Å². The van der Waals surface area contributed by atoms with Crippen LogP contribution in [-0.4, -0.2) is 0 Å². The molecule has 0 saturated heterocycles. The van der Waals surface area contributed by atoms with E-state index in [0.717, 1.165) is 113 Å². The van der Waals surface area contributed by atoms with Crippen LogP contribution in [0.3, 0.4) is 0 Å². The maximum absolute atomic E-state index is 15.9. The van der Waals surface area contributed by atoms with Gasteiger partial charge in [0.2, 0.25) is 0 Å². The summed E-state index contributed by atoms with van der Waals surface area (Å²) in [4.78, 5) is 2.30. The number of hydrogen-bond acceptors (Lipinski definition) is 1. The number of anilines is 3. The Kier molecular flexibility index (Phi) is 10.1. The Morgan fingerprint density at radius 1 is 0.351 bits per heavy atom. The van der Waals surface area contributed by atoms with Crippen molar-refractivity contribution in [2.24, 2.45) is 0 Å². The van der Waals surface area contributed by atoms with Gasteiger partial charge in [0.15, 0.2) is 0 Å². The van der Waals surface area contributed by atoms with Crippen molar-refractivity contribution in [2.45, 2.75) is 30.1 Å². The zero-order valence-corrected chi connectivity index (χ0v) is 40.7. The molecule has 0 bridgehead atoms. The smallest absolute Gasteiger partial charge is 0.126 e. The topological polar surface area (TPSA) is 3.24 Å². The highest BCUT2D eigenvalue weighted by atomic mass is 19.1. The third-order valence-electron chi connectivity index (χ3n) is 16.1. The fourth-order valence-electron chi connectivity index (χ4n) is 13.1. The first-order valence-electron chi connectivity index (χ1n) is 24.9. The Bertz CT molecular complexity index is 3730. The standard InChI is InChI=1S/C69H47F4N/c1-5-42-22-26-44(27-23-42)68(46-34-48(70)38-49(71)35-46)61-19-11-8-14-54(61)57-32-30-52(40-63(57)68)74(65-21-13-17-59-56-16-7-10-18-60(56)67(3,4)66(59)65)53-31-33-58-55-15-9-12-20-62(55)69(64(58)41-53,45-28-24-43(6-2)25-29-45)47-36-50(72)39-51(73)37-47/h5-41H,1-2H2,3-4H3. The van der Waals surface area contributed by atoms with Crippen LogP contribution in [0.2, 0.25) is 0 Å². The summed E-state index contributed by atoms with van der Waals surface area (Å²) >= 11 is 0. The van der Waals surface area contributed by atoms with Gasteiger partial charge >= 0.3 is 0 Å². The molecule has 10 aromatic rings. The van der Waals surface area contributed by atoms with Crippen LogP contribution in [0.15, 0.2) is 225 Å². The molecule has 0 heterocycles. The first kappa shape index (κ1) is 45.1. The average Bonchev–Trinajstić information content (AvgIpc) is 3.98. The maximum Gasteiger partial charge on any atom is 0.126 e. The van der Waals surface area contributed by atoms with E-state index in [0.29, 0.717) is 11.1 Å². The Hall–Kier alpha value is -8.80. The summed E-state index contributed by atoms with van der Waals surface area (Å²) in [7, 11) is 0. The summed E-state index contributed by atoms with van der Waals surface area (Å²) in [5.41, 5.74) is 16.1. The van der Waals surface area contributed by atoms with Gasteiger partial charge in [0, 0.05) is 28.9 Å². The molecule has 0 radical (unpaired) electrons. The third-order valence-corrected chi connectivity index (χ3v) is 16.1. The van der Waals surface area contributed by atoms with Crippen LogP contribution in [0.5, 0.6) is 0 Å². The second kappa shape index (κ2) is 16.6. The van der Waals surface area contributed by atoms with Gasteiger partial charge in [-0.05, 0) is 155 Å². The van der Waals surface area contributed by atoms with Crippen molar-refractivity contribution in [3.05, 3.63) is 316 Å². The molecule has 0 amide bonds. The van der Waals surface area contributed by atoms with Gasteiger partial charge in [-0.2, -0.15) is 0 Å². The van der Waals surface area contributed by atoms with Crippen molar-refractivity contribution in [3.8, 4) is 33.4 Å². The first-order valence-corrected chi connectivity index (χ1v) is 24.9.